The van der Waals surface area contributed by atoms with E-state index in [1.807, 2.05) is 18.2 Å². The number of ether oxygens (including phenoxy) is 1. The number of anilines is 1. The van der Waals surface area contributed by atoms with E-state index in [9.17, 15) is 0 Å². The van der Waals surface area contributed by atoms with Crippen LogP contribution in [0.15, 0.2) is 40.9 Å². The molecule has 0 fully saturated rings. The summed E-state index contributed by atoms with van der Waals surface area (Å²) in [5, 5.41) is 4.32. The molecule has 2 nitrogen and oxygen atoms in total. The van der Waals surface area contributed by atoms with Crippen LogP contribution in [0.1, 0.15) is 30.0 Å². The molecule has 2 aromatic rings. The van der Waals surface area contributed by atoms with E-state index < -0.39 is 0 Å². The van der Waals surface area contributed by atoms with E-state index in [0.29, 0.717) is 5.02 Å². The van der Waals surface area contributed by atoms with Gasteiger partial charge in [-0.3, -0.25) is 0 Å². The van der Waals surface area contributed by atoms with Gasteiger partial charge >= 0.3 is 0 Å². The second-order valence-corrected chi connectivity index (χ2v) is 6.48. The Kier molecular flexibility index (Phi) is 4.41. The first-order valence-electron chi connectivity index (χ1n) is 7.09. The fourth-order valence-electron chi connectivity index (χ4n) is 2.72. The van der Waals surface area contributed by atoms with Crippen molar-refractivity contribution in [3.63, 3.8) is 0 Å². The lowest BCUT2D eigenvalue weighted by molar-refractivity contribution is 0.314. The van der Waals surface area contributed by atoms with Crippen molar-refractivity contribution in [2.24, 2.45) is 0 Å². The molecular formula is C17H17BrClNO. The fourth-order valence-corrected chi connectivity index (χ4v) is 3.27. The van der Waals surface area contributed by atoms with E-state index in [2.05, 4.69) is 46.4 Å². The Bertz CT molecular complexity index is 659. The third-order valence-electron chi connectivity index (χ3n) is 3.78. The predicted octanol–water partition coefficient (Wildman–Crippen LogP) is 5.74. The van der Waals surface area contributed by atoms with Crippen molar-refractivity contribution in [3.8, 4) is 5.75 Å². The van der Waals surface area contributed by atoms with E-state index in [-0.39, 0.29) is 6.04 Å². The zero-order valence-electron chi connectivity index (χ0n) is 11.8. The highest BCUT2D eigenvalue weighted by Gasteiger charge is 2.21. The molecule has 1 heterocycles. The van der Waals surface area contributed by atoms with Crippen LogP contribution >= 0.6 is 27.5 Å². The molecule has 110 valence electrons. The molecule has 0 radical (unpaired) electrons. The van der Waals surface area contributed by atoms with Gasteiger partial charge in [0.25, 0.3) is 0 Å². The number of para-hydroxylation sites is 1. The Morgan fingerprint density at radius 3 is 2.90 bits per heavy atom. The maximum atomic E-state index is 6.18. The summed E-state index contributed by atoms with van der Waals surface area (Å²) in [6, 6.07) is 12.4. The number of rotatable bonds is 2. The summed E-state index contributed by atoms with van der Waals surface area (Å²) >= 11 is 9.73. The number of fused-ring (bicyclic) bond motifs is 1. The van der Waals surface area contributed by atoms with Gasteiger partial charge in [0, 0.05) is 5.56 Å². The molecule has 0 saturated carbocycles. The molecule has 0 amide bonds. The summed E-state index contributed by atoms with van der Waals surface area (Å²) in [4.78, 5) is 0. The molecular weight excluding hydrogens is 350 g/mol. The van der Waals surface area contributed by atoms with E-state index in [4.69, 9.17) is 16.3 Å². The lowest BCUT2D eigenvalue weighted by Gasteiger charge is -2.21. The van der Waals surface area contributed by atoms with Gasteiger partial charge in [-0.25, -0.2) is 0 Å². The fraction of sp³-hybridized carbons (Fsp3) is 0.294. The minimum Gasteiger partial charge on any atom is -0.493 e. The highest BCUT2D eigenvalue weighted by Crippen LogP contribution is 2.38. The summed E-state index contributed by atoms with van der Waals surface area (Å²) in [7, 11) is 0. The summed E-state index contributed by atoms with van der Waals surface area (Å²) in [5.74, 6) is 1.02. The summed E-state index contributed by atoms with van der Waals surface area (Å²) in [6.07, 6.45) is 2.07. The predicted molar refractivity (Wildman–Crippen MR) is 91.4 cm³/mol. The molecule has 0 aliphatic carbocycles. The van der Waals surface area contributed by atoms with Crippen LogP contribution in [0.4, 0.5) is 5.69 Å². The number of halogens is 2. The Morgan fingerprint density at radius 2 is 2.05 bits per heavy atom. The molecule has 0 bridgehead atoms. The zero-order chi connectivity index (χ0) is 14.8. The minimum absolute atomic E-state index is 0.233. The molecule has 1 aliphatic rings. The van der Waals surface area contributed by atoms with Gasteiger partial charge in [-0.15, -0.1) is 0 Å². The number of hydrogen-bond acceptors (Lipinski definition) is 2. The Balaban J connectivity index is 1.96. The third-order valence-corrected chi connectivity index (χ3v) is 5.18. The molecule has 1 N–H and O–H groups in total. The van der Waals surface area contributed by atoms with E-state index in [1.54, 1.807) is 0 Å². The first kappa shape index (κ1) is 14.7. The molecule has 0 spiro atoms. The highest BCUT2D eigenvalue weighted by atomic mass is 79.9. The standard InChI is InChI=1S/C17H17BrClNO/c1-11-5-2-6-12-14(9-4-10-21-17(11)12)20-15-8-3-7-13(19)16(15)18/h2-3,5-8,14,20H,4,9-10H2,1H3. The average Bonchev–Trinajstić information content (AvgIpc) is 2.68. The van der Waals surface area contributed by atoms with Gasteiger partial charge in [0.05, 0.1) is 27.8 Å². The van der Waals surface area contributed by atoms with Gasteiger partial charge in [0.1, 0.15) is 5.75 Å². The number of benzene rings is 2. The van der Waals surface area contributed by atoms with Gasteiger partial charge in [0.15, 0.2) is 0 Å². The molecule has 1 atom stereocenters. The van der Waals surface area contributed by atoms with E-state index >= 15 is 0 Å². The first-order valence-corrected chi connectivity index (χ1v) is 8.27. The normalized spacial score (nSPS) is 17.6. The highest BCUT2D eigenvalue weighted by molar-refractivity contribution is 9.10. The van der Waals surface area contributed by atoms with Crippen LogP contribution < -0.4 is 10.1 Å². The van der Waals surface area contributed by atoms with Crippen molar-refractivity contribution < 1.29 is 4.74 Å². The maximum Gasteiger partial charge on any atom is 0.127 e. The van der Waals surface area contributed by atoms with Crippen molar-refractivity contribution in [3.05, 3.63) is 57.0 Å². The second-order valence-electron chi connectivity index (χ2n) is 5.28. The van der Waals surface area contributed by atoms with Gasteiger partial charge in [-0.1, -0.05) is 35.9 Å². The van der Waals surface area contributed by atoms with Crippen LogP contribution in [-0.4, -0.2) is 6.61 Å². The van der Waals surface area contributed by atoms with Crippen LogP contribution in [0.3, 0.4) is 0 Å². The van der Waals surface area contributed by atoms with E-state index in [1.165, 1.54) is 11.1 Å². The second kappa shape index (κ2) is 6.29. The zero-order valence-corrected chi connectivity index (χ0v) is 14.2. The van der Waals surface area contributed by atoms with Crippen molar-refractivity contribution in [2.45, 2.75) is 25.8 Å². The SMILES string of the molecule is Cc1cccc2c1OCCCC2Nc1cccc(Cl)c1Br. The lowest BCUT2D eigenvalue weighted by Crippen LogP contribution is -2.11. The molecule has 0 aromatic heterocycles. The number of aryl methyl sites for hydroxylation is 1. The largest absolute Gasteiger partial charge is 0.493 e. The molecule has 21 heavy (non-hydrogen) atoms. The quantitative estimate of drug-likeness (QED) is 0.732. The smallest absolute Gasteiger partial charge is 0.127 e. The molecule has 1 unspecified atom stereocenters. The topological polar surface area (TPSA) is 21.3 Å². The van der Waals surface area contributed by atoms with Gasteiger partial charge in [-0.2, -0.15) is 0 Å². The average molecular weight is 367 g/mol. The maximum absolute atomic E-state index is 6.18. The van der Waals surface area contributed by atoms with Crippen molar-refractivity contribution in [2.75, 3.05) is 11.9 Å². The molecule has 3 rings (SSSR count). The number of hydrogen-bond donors (Lipinski definition) is 1. The molecule has 0 saturated heterocycles. The molecule has 1 aliphatic heterocycles. The van der Waals surface area contributed by atoms with Crippen LogP contribution in [0.25, 0.3) is 0 Å². The Labute approximate surface area is 138 Å². The van der Waals surface area contributed by atoms with Crippen LogP contribution in [0, 0.1) is 6.92 Å². The summed E-state index contributed by atoms with van der Waals surface area (Å²) in [6.45, 7) is 2.86. The number of nitrogens with one attached hydrogen (secondary N) is 1. The van der Waals surface area contributed by atoms with Gasteiger partial charge in [-0.05, 0) is 53.4 Å². The summed E-state index contributed by atoms with van der Waals surface area (Å²) < 4.78 is 6.83. The van der Waals surface area contributed by atoms with Crippen LogP contribution in [0.2, 0.25) is 5.02 Å². The van der Waals surface area contributed by atoms with Crippen molar-refractivity contribution in [1.29, 1.82) is 0 Å². The van der Waals surface area contributed by atoms with Gasteiger partial charge < -0.3 is 10.1 Å². The molecule has 2 aromatic carbocycles. The van der Waals surface area contributed by atoms with E-state index in [0.717, 1.165) is 35.4 Å². The van der Waals surface area contributed by atoms with Crippen molar-refractivity contribution in [1.82, 2.24) is 0 Å². The summed E-state index contributed by atoms with van der Waals surface area (Å²) in [5.41, 5.74) is 3.42. The monoisotopic (exact) mass is 365 g/mol. The van der Waals surface area contributed by atoms with Crippen molar-refractivity contribution >= 4 is 33.2 Å². The Hall–Kier alpha value is -1.19. The Morgan fingerprint density at radius 1 is 1.24 bits per heavy atom. The third kappa shape index (κ3) is 3.04. The minimum atomic E-state index is 0.233. The molecule has 4 heteroatoms. The first-order chi connectivity index (χ1) is 10.2. The lowest BCUT2D eigenvalue weighted by atomic mass is 9.99. The van der Waals surface area contributed by atoms with Crippen LogP contribution in [0.5, 0.6) is 5.75 Å². The van der Waals surface area contributed by atoms with Gasteiger partial charge in [0.2, 0.25) is 0 Å². The van der Waals surface area contributed by atoms with Crippen LogP contribution in [-0.2, 0) is 0 Å².